The largest absolute Gasteiger partial charge is 0.493 e. The Hall–Kier alpha value is -4.07. The minimum atomic E-state index is -0.570. The highest BCUT2D eigenvalue weighted by Gasteiger charge is 2.28. The van der Waals surface area contributed by atoms with Crippen molar-refractivity contribution in [3.63, 3.8) is 0 Å². The molecule has 8 heteroatoms. The normalized spacial score (nSPS) is 10.2. The molecule has 0 unspecified atom stereocenters. The molecule has 0 radical (unpaired) electrons. The van der Waals surface area contributed by atoms with E-state index in [1.54, 1.807) is 42.5 Å². The van der Waals surface area contributed by atoms with Crippen molar-refractivity contribution in [1.82, 2.24) is 4.98 Å². The second-order valence-corrected chi connectivity index (χ2v) is 6.27. The Bertz CT molecular complexity index is 1020. The van der Waals surface area contributed by atoms with Crippen LogP contribution in [0.4, 0.5) is 5.82 Å². The molecule has 0 bridgehead atoms. The number of rotatable bonds is 7. The minimum Gasteiger partial charge on any atom is -0.493 e. The van der Waals surface area contributed by atoms with Crippen LogP contribution in [0.2, 0.25) is 0 Å². The third-order valence-corrected chi connectivity index (χ3v) is 4.55. The zero-order valence-corrected chi connectivity index (χ0v) is 17.6. The Morgan fingerprint density at radius 3 is 1.55 bits per heavy atom. The molecule has 31 heavy (non-hydrogen) atoms. The number of benzene rings is 2. The van der Waals surface area contributed by atoms with Gasteiger partial charge in [0.15, 0.2) is 23.0 Å². The monoisotopic (exact) mass is 422 g/mol. The summed E-state index contributed by atoms with van der Waals surface area (Å²) in [4.78, 5) is 32.0. The molecule has 0 aliphatic rings. The number of pyridine rings is 1. The number of carbonyl (C=O) groups is 2. The molecule has 0 saturated heterocycles. The molecule has 0 aliphatic heterocycles. The van der Waals surface area contributed by atoms with Gasteiger partial charge in [0.25, 0.3) is 11.8 Å². The summed E-state index contributed by atoms with van der Waals surface area (Å²) >= 11 is 0. The predicted molar refractivity (Wildman–Crippen MR) is 114 cm³/mol. The molecule has 0 N–H and O–H groups in total. The average molecular weight is 422 g/mol. The average Bonchev–Trinajstić information content (AvgIpc) is 2.83. The van der Waals surface area contributed by atoms with Crippen LogP contribution in [-0.2, 0) is 0 Å². The van der Waals surface area contributed by atoms with E-state index in [1.165, 1.54) is 46.8 Å². The third kappa shape index (κ3) is 4.42. The molecule has 160 valence electrons. The second-order valence-electron chi connectivity index (χ2n) is 6.27. The van der Waals surface area contributed by atoms with Crippen LogP contribution in [0.5, 0.6) is 23.0 Å². The first-order valence-corrected chi connectivity index (χ1v) is 9.28. The SMILES string of the molecule is COc1ccc(C(=O)N(C(=O)c2ccc(OC)c(OC)c2)c2ccccn2)cc1OC. The number of imide groups is 1. The van der Waals surface area contributed by atoms with Crippen molar-refractivity contribution in [3.8, 4) is 23.0 Å². The molecule has 2 amide bonds. The fourth-order valence-electron chi connectivity index (χ4n) is 2.98. The van der Waals surface area contributed by atoms with Crippen LogP contribution < -0.4 is 23.8 Å². The molecule has 0 aliphatic carbocycles. The zero-order chi connectivity index (χ0) is 22.4. The number of nitrogens with zero attached hydrogens (tertiary/aromatic N) is 2. The topological polar surface area (TPSA) is 87.2 Å². The van der Waals surface area contributed by atoms with E-state index in [0.717, 1.165) is 4.90 Å². The summed E-state index contributed by atoms with van der Waals surface area (Å²) in [5.74, 6) is 0.714. The lowest BCUT2D eigenvalue weighted by Crippen LogP contribution is -2.37. The van der Waals surface area contributed by atoms with E-state index < -0.39 is 11.8 Å². The van der Waals surface area contributed by atoms with Crippen molar-refractivity contribution in [1.29, 1.82) is 0 Å². The first kappa shape index (κ1) is 21.6. The number of aromatic nitrogens is 1. The van der Waals surface area contributed by atoms with Gasteiger partial charge in [0, 0.05) is 17.3 Å². The summed E-state index contributed by atoms with van der Waals surface area (Å²) in [7, 11) is 5.94. The van der Waals surface area contributed by atoms with Crippen molar-refractivity contribution in [2.75, 3.05) is 33.3 Å². The number of carbonyl (C=O) groups excluding carboxylic acids is 2. The third-order valence-electron chi connectivity index (χ3n) is 4.55. The van der Waals surface area contributed by atoms with E-state index in [-0.39, 0.29) is 16.9 Å². The van der Waals surface area contributed by atoms with E-state index in [0.29, 0.717) is 23.0 Å². The lowest BCUT2D eigenvalue weighted by atomic mass is 10.1. The molecule has 1 aromatic heterocycles. The van der Waals surface area contributed by atoms with Crippen molar-refractivity contribution in [2.24, 2.45) is 0 Å². The van der Waals surface area contributed by atoms with Crippen LogP contribution in [0.3, 0.4) is 0 Å². The Labute approximate surface area is 179 Å². The maximum Gasteiger partial charge on any atom is 0.266 e. The van der Waals surface area contributed by atoms with Gasteiger partial charge in [-0.25, -0.2) is 9.88 Å². The maximum atomic E-state index is 13.4. The number of methoxy groups -OCH3 is 4. The summed E-state index contributed by atoms with van der Waals surface area (Å²) in [5, 5.41) is 0. The minimum absolute atomic E-state index is 0.182. The van der Waals surface area contributed by atoms with Gasteiger partial charge >= 0.3 is 0 Å². The molecule has 0 fully saturated rings. The van der Waals surface area contributed by atoms with Crippen molar-refractivity contribution in [3.05, 3.63) is 71.9 Å². The smallest absolute Gasteiger partial charge is 0.266 e. The molecule has 1 heterocycles. The molecular weight excluding hydrogens is 400 g/mol. The quantitative estimate of drug-likeness (QED) is 0.538. The lowest BCUT2D eigenvalue weighted by molar-refractivity contribution is 0.0896. The van der Waals surface area contributed by atoms with Gasteiger partial charge < -0.3 is 18.9 Å². The van der Waals surface area contributed by atoms with Gasteiger partial charge in [0.05, 0.1) is 28.4 Å². The summed E-state index contributed by atoms with van der Waals surface area (Å²) in [6.07, 6.45) is 1.51. The summed E-state index contributed by atoms with van der Waals surface area (Å²) in [5.41, 5.74) is 0.467. The van der Waals surface area contributed by atoms with Gasteiger partial charge in [0.2, 0.25) is 0 Å². The van der Waals surface area contributed by atoms with E-state index in [2.05, 4.69) is 4.98 Å². The van der Waals surface area contributed by atoms with E-state index in [1.807, 2.05) is 0 Å². The van der Waals surface area contributed by atoms with Crippen molar-refractivity contribution < 1.29 is 28.5 Å². The molecular formula is C23H22N2O6. The van der Waals surface area contributed by atoms with Gasteiger partial charge in [-0.05, 0) is 48.5 Å². The highest BCUT2D eigenvalue weighted by molar-refractivity contribution is 6.25. The van der Waals surface area contributed by atoms with E-state index in [4.69, 9.17) is 18.9 Å². The fourth-order valence-corrected chi connectivity index (χ4v) is 2.98. The van der Waals surface area contributed by atoms with Crippen LogP contribution >= 0.6 is 0 Å². The van der Waals surface area contributed by atoms with Crippen LogP contribution in [-0.4, -0.2) is 45.2 Å². The molecule has 3 rings (SSSR count). The number of hydrogen-bond acceptors (Lipinski definition) is 7. The van der Waals surface area contributed by atoms with Crippen molar-refractivity contribution in [2.45, 2.75) is 0 Å². The van der Waals surface area contributed by atoms with Crippen LogP contribution in [0.1, 0.15) is 20.7 Å². The Balaban J connectivity index is 2.07. The van der Waals surface area contributed by atoms with Crippen LogP contribution in [0, 0.1) is 0 Å². The first-order valence-electron chi connectivity index (χ1n) is 9.28. The Kier molecular flexibility index (Phi) is 6.71. The molecule has 8 nitrogen and oxygen atoms in total. The number of amides is 2. The van der Waals surface area contributed by atoms with Gasteiger partial charge in [0.1, 0.15) is 5.82 Å². The zero-order valence-electron chi connectivity index (χ0n) is 17.6. The lowest BCUT2D eigenvalue weighted by Gasteiger charge is -2.21. The van der Waals surface area contributed by atoms with Gasteiger partial charge in [-0.2, -0.15) is 0 Å². The first-order chi connectivity index (χ1) is 15.0. The Morgan fingerprint density at radius 1 is 0.677 bits per heavy atom. The fraction of sp³-hybridized carbons (Fsp3) is 0.174. The van der Waals surface area contributed by atoms with Gasteiger partial charge in [-0.3, -0.25) is 9.59 Å². The van der Waals surface area contributed by atoms with Crippen LogP contribution in [0.15, 0.2) is 60.8 Å². The van der Waals surface area contributed by atoms with E-state index >= 15 is 0 Å². The molecule has 0 atom stereocenters. The second kappa shape index (κ2) is 9.62. The predicted octanol–water partition coefficient (Wildman–Crippen LogP) is 3.60. The molecule has 0 spiro atoms. The number of ether oxygens (including phenoxy) is 4. The van der Waals surface area contributed by atoms with Crippen LogP contribution in [0.25, 0.3) is 0 Å². The van der Waals surface area contributed by atoms with E-state index in [9.17, 15) is 9.59 Å². The number of hydrogen-bond donors (Lipinski definition) is 0. The molecule has 2 aromatic carbocycles. The molecule has 0 saturated carbocycles. The summed E-state index contributed by atoms with van der Waals surface area (Å²) < 4.78 is 21.0. The molecule has 3 aromatic rings. The highest BCUT2D eigenvalue weighted by Crippen LogP contribution is 2.31. The summed E-state index contributed by atoms with van der Waals surface area (Å²) in [6, 6.07) is 14.3. The Morgan fingerprint density at radius 2 is 1.16 bits per heavy atom. The van der Waals surface area contributed by atoms with Gasteiger partial charge in [-0.15, -0.1) is 0 Å². The number of anilines is 1. The van der Waals surface area contributed by atoms with Gasteiger partial charge in [-0.1, -0.05) is 6.07 Å². The maximum absolute atomic E-state index is 13.4. The highest BCUT2D eigenvalue weighted by atomic mass is 16.5. The standard InChI is InChI=1S/C23H22N2O6/c1-28-17-10-8-15(13-19(17)30-3)22(26)25(21-7-5-6-12-24-21)23(27)16-9-11-18(29-2)20(14-16)31-4/h5-14H,1-4H3. The van der Waals surface area contributed by atoms with Crippen molar-refractivity contribution >= 4 is 17.6 Å². The summed E-state index contributed by atoms with van der Waals surface area (Å²) in [6.45, 7) is 0.